The van der Waals surface area contributed by atoms with Gasteiger partial charge in [0, 0.05) is 0 Å². The zero-order valence-corrected chi connectivity index (χ0v) is 9.26. The van der Waals surface area contributed by atoms with Crippen molar-refractivity contribution in [3.63, 3.8) is 0 Å². The molecule has 71 valence electrons. The second-order valence-corrected chi connectivity index (χ2v) is 1.63. The van der Waals surface area contributed by atoms with Crippen LogP contribution in [-0.2, 0) is 19.5 Å². The Morgan fingerprint density at radius 2 is 1.31 bits per heavy atom. The van der Waals surface area contributed by atoms with E-state index in [1.165, 1.54) is 0 Å². The second-order valence-electron chi connectivity index (χ2n) is 1.63. The largest absolute Gasteiger partial charge is 3.00 e. The normalized spacial score (nSPS) is 6.62. The maximum Gasteiger partial charge on any atom is 3.00 e. The minimum absolute atomic E-state index is 0. The van der Waals surface area contributed by atoms with Gasteiger partial charge in [-0.15, -0.1) is 12.4 Å². The molecule has 1 radical (unpaired) electrons. The Hall–Kier alpha value is -0.817. The number of hydrogen-bond donors (Lipinski definition) is 2. The molecule has 0 saturated heterocycles. The van der Waals surface area contributed by atoms with E-state index in [0.29, 0.717) is 0 Å². The fourth-order valence-corrected chi connectivity index (χ4v) is 0.481. The monoisotopic (exact) mass is 263 g/mol. The van der Waals surface area contributed by atoms with Crippen LogP contribution in [0.15, 0.2) is 36.7 Å². The molecule has 0 bridgehead atoms. The summed E-state index contributed by atoms with van der Waals surface area (Å²) in [5, 5.41) is 0. The first kappa shape index (κ1) is 14.7. The Balaban J connectivity index is 0. The van der Waals surface area contributed by atoms with E-state index in [1.54, 1.807) is 6.92 Å². The summed E-state index contributed by atoms with van der Waals surface area (Å²) >= 11 is 0. The average Bonchev–Trinajstić information content (AvgIpc) is 2.87. The van der Waals surface area contributed by atoms with Crippen molar-refractivity contribution in [3.8, 4) is 0 Å². The third-order valence-corrected chi connectivity index (χ3v) is 0.885. The van der Waals surface area contributed by atoms with Crippen LogP contribution in [0.2, 0.25) is 0 Å². The molecule has 3 heteroatoms. The molecule has 0 saturated carbocycles. The van der Waals surface area contributed by atoms with Gasteiger partial charge < -0.3 is 16.9 Å². The van der Waals surface area contributed by atoms with Gasteiger partial charge in [-0.25, -0.2) is 0 Å². The number of aromatic nitrogens is 2. The SMILES string of the molecule is [CH2-]C.[Ru+3].[c-]1ccc[nH]1.[c-]1ccc[nH]1. The van der Waals surface area contributed by atoms with Crippen LogP contribution in [0.4, 0.5) is 0 Å². The summed E-state index contributed by atoms with van der Waals surface area (Å²) in [4.78, 5) is 5.47. The summed E-state index contributed by atoms with van der Waals surface area (Å²) < 4.78 is 0. The van der Waals surface area contributed by atoms with Crippen LogP contribution < -0.4 is 0 Å². The Kier molecular flexibility index (Phi) is 15.5. The van der Waals surface area contributed by atoms with Gasteiger partial charge in [-0.1, -0.05) is 0 Å². The van der Waals surface area contributed by atoms with Crippen LogP contribution in [0.5, 0.6) is 0 Å². The van der Waals surface area contributed by atoms with E-state index in [4.69, 9.17) is 0 Å². The molecule has 0 atom stereocenters. The van der Waals surface area contributed by atoms with Crippen molar-refractivity contribution in [1.82, 2.24) is 9.97 Å². The molecule has 2 aromatic heterocycles. The molecule has 0 aliphatic rings. The molecule has 13 heavy (non-hydrogen) atoms. The zero-order valence-electron chi connectivity index (χ0n) is 7.52. The van der Waals surface area contributed by atoms with Crippen LogP contribution in [0.3, 0.4) is 0 Å². The minimum atomic E-state index is 0. The number of rotatable bonds is 0. The van der Waals surface area contributed by atoms with E-state index < -0.39 is 0 Å². The third-order valence-electron chi connectivity index (χ3n) is 0.885. The van der Waals surface area contributed by atoms with E-state index in [0.717, 1.165) is 0 Å². The Labute approximate surface area is 92.5 Å². The maximum atomic E-state index is 3.25. The Bertz CT molecular complexity index is 152. The van der Waals surface area contributed by atoms with E-state index in [1.807, 2.05) is 36.7 Å². The summed E-state index contributed by atoms with van der Waals surface area (Å²) in [5.41, 5.74) is 0. The van der Waals surface area contributed by atoms with E-state index in [-0.39, 0.29) is 19.5 Å². The summed E-state index contributed by atoms with van der Waals surface area (Å²) in [6.45, 7) is 5.00. The van der Waals surface area contributed by atoms with Crippen molar-refractivity contribution < 1.29 is 19.5 Å². The topological polar surface area (TPSA) is 31.6 Å². The summed E-state index contributed by atoms with van der Waals surface area (Å²) in [5.74, 6) is 0. The van der Waals surface area contributed by atoms with Crippen molar-refractivity contribution in [2.24, 2.45) is 0 Å². The zero-order chi connectivity index (χ0) is 9.07. The molecule has 0 aliphatic heterocycles. The van der Waals surface area contributed by atoms with E-state index in [2.05, 4.69) is 29.3 Å². The third kappa shape index (κ3) is 11.2. The fourth-order valence-electron chi connectivity index (χ4n) is 0.481. The van der Waals surface area contributed by atoms with Crippen molar-refractivity contribution in [1.29, 1.82) is 0 Å². The minimum Gasteiger partial charge on any atom is -0.484 e. The van der Waals surface area contributed by atoms with Crippen molar-refractivity contribution in [2.45, 2.75) is 6.92 Å². The average molecular weight is 262 g/mol. The first-order valence-electron chi connectivity index (χ1n) is 3.70. The van der Waals surface area contributed by atoms with Gasteiger partial charge >= 0.3 is 19.5 Å². The number of hydrogen-bond acceptors (Lipinski definition) is 0. The van der Waals surface area contributed by atoms with Gasteiger partial charge in [-0.2, -0.15) is 43.6 Å². The van der Waals surface area contributed by atoms with E-state index in [9.17, 15) is 0 Å². The fraction of sp³-hybridized carbons (Fsp3) is 0.100. The maximum absolute atomic E-state index is 3.25. The Morgan fingerprint density at radius 1 is 0.923 bits per heavy atom. The predicted molar refractivity (Wildman–Crippen MR) is 50.3 cm³/mol. The molecule has 2 rings (SSSR count). The van der Waals surface area contributed by atoms with Crippen LogP contribution in [0.1, 0.15) is 6.92 Å². The molecule has 0 amide bonds. The first-order chi connectivity index (χ1) is 6.00. The van der Waals surface area contributed by atoms with Crippen molar-refractivity contribution >= 4 is 0 Å². The van der Waals surface area contributed by atoms with Gasteiger partial charge in [0.15, 0.2) is 0 Å². The molecular weight excluding hydrogens is 249 g/mol. The molecule has 0 aromatic carbocycles. The van der Waals surface area contributed by atoms with Crippen LogP contribution >= 0.6 is 0 Å². The predicted octanol–water partition coefficient (Wildman–Crippen LogP) is 2.47. The van der Waals surface area contributed by atoms with Gasteiger partial charge in [-0.05, 0) is 0 Å². The molecule has 2 heterocycles. The number of nitrogens with one attached hydrogen (secondary N) is 2. The van der Waals surface area contributed by atoms with Crippen LogP contribution in [-0.4, -0.2) is 9.97 Å². The number of H-pyrrole nitrogens is 2. The summed E-state index contributed by atoms with van der Waals surface area (Å²) in [6.07, 6.45) is 9.11. The molecule has 0 spiro atoms. The number of aromatic amines is 2. The Morgan fingerprint density at radius 3 is 1.38 bits per heavy atom. The van der Waals surface area contributed by atoms with E-state index >= 15 is 0 Å². The standard InChI is InChI=1S/2C4H4N.C2H5.Ru/c2*1-2-4-5-3-1;1-2;/h2*1-3,5H;1H2,2H3;/q3*-1;+3. The van der Waals surface area contributed by atoms with Gasteiger partial charge in [0.25, 0.3) is 0 Å². The van der Waals surface area contributed by atoms with Gasteiger partial charge in [0.2, 0.25) is 0 Å². The molecule has 0 fully saturated rings. The smallest absolute Gasteiger partial charge is 0.484 e. The van der Waals surface area contributed by atoms with Gasteiger partial charge in [-0.3, -0.25) is 0 Å². The van der Waals surface area contributed by atoms with Crippen LogP contribution in [0.25, 0.3) is 0 Å². The van der Waals surface area contributed by atoms with Gasteiger partial charge in [0.05, 0.1) is 0 Å². The van der Waals surface area contributed by atoms with Crippen LogP contribution in [0, 0.1) is 19.3 Å². The molecule has 2 aromatic rings. The molecule has 2 nitrogen and oxygen atoms in total. The quantitative estimate of drug-likeness (QED) is 0.540. The molecule has 0 unspecified atom stereocenters. The van der Waals surface area contributed by atoms with Crippen molar-refractivity contribution in [2.75, 3.05) is 0 Å². The van der Waals surface area contributed by atoms with Crippen molar-refractivity contribution in [3.05, 3.63) is 56.0 Å². The molecule has 2 N–H and O–H groups in total. The summed E-state index contributed by atoms with van der Waals surface area (Å²) in [6, 6.07) is 7.42. The second kappa shape index (κ2) is 13.8. The summed E-state index contributed by atoms with van der Waals surface area (Å²) in [7, 11) is 0. The van der Waals surface area contributed by atoms with Gasteiger partial charge in [0.1, 0.15) is 0 Å². The molecule has 0 aliphatic carbocycles. The first-order valence-corrected chi connectivity index (χ1v) is 3.70. The molecular formula is C10H13N2Ru.